The van der Waals surface area contributed by atoms with Crippen molar-refractivity contribution in [2.75, 3.05) is 12.3 Å². The van der Waals surface area contributed by atoms with Crippen LogP contribution in [-0.2, 0) is 0 Å². The van der Waals surface area contributed by atoms with Crippen LogP contribution in [0.4, 0.5) is 0 Å². The Morgan fingerprint density at radius 1 is 1.26 bits per heavy atom. The minimum absolute atomic E-state index is 0.670. The zero-order chi connectivity index (χ0) is 13.5. The molecule has 0 amide bonds. The van der Waals surface area contributed by atoms with Crippen molar-refractivity contribution in [1.82, 2.24) is 5.32 Å². The minimum atomic E-state index is 0.670. The van der Waals surface area contributed by atoms with Crippen LogP contribution in [0, 0.1) is 5.92 Å². The fraction of sp³-hybridized carbons (Fsp3) is 0.625. The predicted octanol–water partition coefficient (Wildman–Crippen LogP) is 4.99. The third-order valence-electron chi connectivity index (χ3n) is 3.87. The van der Waals surface area contributed by atoms with Crippen LogP contribution in [0.2, 0.25) is 5.02 Å². The first-order valence-electron chi connectivity index (χ1n) is 7.41. The van der Waals surface area contributed by atoms with Crippen LogP contribution in [0.3, 0.4) is 0 Å². The van der Waals surface area contributed by atoms with Gasteiger partial charge in [0, 0.05) is 21.7 Å². The van der Waals surface area contributed by atoms with Gasteiger partial charge in [0.1, 0.15) is 0 Å². The van der Waals surface area contributed by atoms with Crippen LogP contribution in [0.15, 0.2) is 29.2 Å². The zero-order valence-electron chi connectivity index (χ0n) is 11.7. The Morgan fingerprint density at radius 2 is 1.95 bits per heavy atom. The quantitative estimate of drug-likeness (QED) is 0.712. The molecule has 1 aliphatic carbocycles. The van der Waals surface area contributed by atoms with Crippen molar-refractivity contribution in [1.29, 1.82) is 0 Å². The van der Waals surface area contributed by atoms with E-state index >= 15 is 0 Å². The summed E-state index contributed by atoms with van der Waals surface area (Å²) in [4.78, 5) is 1.32. The topological polar surface area (TPSA) is 12.0 Å². The molecule has 3 heteroatoms. The number of hydrogen-bond donors (Lipinski definition) is 1. The van der Waals surface area contributed by atoms with E-state index in [0.717, 1.165) is 17.5 Å². The van der Waals surface area contributed by atoms with Gasteiger partial charge in [-0.15, -0.1) is 11.8 Å². The Balaban J connectivity index is 1.86. The average Bonchev–Trinajstić information content (AvgIpc) is 2.95. The first-order chi connectivity index (χ1) is 9.29. The van der Waals surface area contributed by atoms with Crippen LogP contribution >= 0.6 is 23.4 Å². The number of benzene rings is 1. The summed E-state index contributed by atoms with van der Waals surface area (Å²) in [5.41, 5.74) is 0. The predicted molar refractivity (Wildman–Crippen MR) is 86.2 cm³/mol. The highest BCUT2D eigenvalue weighted by Gasteiger charge is 2.24. The fourth-order valence-corrected chi connectivity index (χ4v) is 3.98. The molecule has 106 valence electrons. The van der Waals surface area contributed by atoms with E-state index in [1.54, 1.807) is 0 Å². The summed E-state index contributed by atoms with van der Waals surface area (Å²) in [6.45, 7) is 3.38. The van der Waals surface area contributed by atoms with Crippen molar-refractivity contribution in [3.63, 3.8) is 0 Å². The lowest BCUT2D eigenvalue weighted by Gasteiger charge is -2.24. The van der Waals surface area contributed by atoms with Gasteiger partial charge < -0.3 is 5.32 Å². The first-order valence-corrected chi connectivity index (χ1v) is 8.77. The highest BCUT2D eigenvalue weighted by Crippen LogP contribution is 2.31. The van der Waals surface area contributed by atoms with E-state index < -0.39 is 0 Å². The van der Waals surface area contributed by atoms with Crippen LogP contribution in [0.1, 0.15) is 39.0 Å². The molecule has 0 aliphatic heterocycles. The largest absolute Gasteiger partial charge is 0.313 e. The molecule has 0 radical (unpaired) electrons. The normalized spacial score (nSPS) is 17.8. The molecular formula is C16H24ClNS. The minimum Gasteiger partial charge on any atom is -0.313 e. The van der Waals surface area contributed by atoms with Crippen LogP contribution < -0.4 is 5.32 Å². The summed E-state index contributed by atoms with van der Waals surface area (Å²) < 4.78 is 0. The Kier molecular flexibility index (Phi) is 6.55. The van der Waals surface area contributed by atoms with Gasteiger partial charge in [-0.1, -0.05) is 31.4 Å². The molecule has 1 atom stereocenters. The molecule has 1 aliphatic rings. The Labute approximate surface area is 126 Å². The number of rotatable bonds is 7. The smallest absolute Gasteiger partial charge is 0.0406 e. The highest BCUT2D eigenvalue weighted by molar-refractivity contribution is 7.99. The lowest BCUT2D eigenvalue weighted by atomic mass is 10.00. The second-order valence-corrected chi connectivity index (χ2v) is 6.90. The van der Waals surface area contributed by atoms with Gasteiger partial charge in [0.2, 0.25) is 0 Å². The van der Waals surface area contributed by atoms with E-state index in [0.29, 0.717) is 6.04 Å². The monoisotopic (exact) mass is 297 g/mol. The number of hydrogen-bond acceptors (Lipinski definition) is 2. The zero-order valence-corrected chi connectivity index (χ0v) is 13.3. The van der Waals surface area contributed by atoms with E-state index in [1.807, 2.05) is 23.9 Å². The average molecular weight is 298 g/mol. The van der Waals surface area contributed by atoms with Gasteiger partial charge in [0.05, 0.1) is 0 Å². The maximum Gasteiger partial charge on any atom is 0.0406 e. The van der Waals surface area contributed by atoms with Crippen LogP contribution in [-0.4, -0.2) is 18.3 Å². The number of halogens is 1. The molecule has 1 unspecified atom stereocenters. The van der Waals surface area contributed by atoms with Gasteiger partial charge in [0.15, 0.2) is 0 Å². The van der Waals surface area contributed by atoms with E-state index in [-0.39, 0.29) is 0 Å². The van der Waals surface area contributed by atoms with Crippen molar-refractivity contribution in [2.45, 2.75) is 50.0 Å². The van der Waals surface area contributed by atoms with Crippen molar-refractivity contribution in [3.05, 3.63) is 29.3 Å². The molecule has 0 bridgehead atoms. The Bertz CT molecular complexity index is 360. The SMILES string of the molecule is CCCNC(CSc1ccc(Cl)cc1)C1CCCC1. The maximum atomic E-state index is 5.92. The maximum absolute atomic E-state index is 5.92. The second kappa shape index (κ2) is 8.18. The van der Waals surface area contributed by atoms with E-state index in [4.69, 9.17) is 11.6 Å². The van der Waals surface area contributed by atoms with Gasteiger partial charge in [-0.3, -0.25) is 0 Å². The molecule has 1 nitrogen and oxygen atoms in total. The van der Waals surface area contributed by atoms with E-state index in [9.17, 15) is 0 Å². The van der Waals surface area contributed by atoms with E-state index in [2.05, 4.69) is 24.4 Å². The van der Waals surface area contributed by atoms with Crippen molar-refractivity contribution in [2.24, 2.45) is 5.92 Å². The van der Waals surface area contributed by atoms with Gasteiger partial charge in [-0.25, -0.2) is 0 Å². The molecule has 0 aromatic heterocycles. The van der Waals surface area contributed by atoms with Gasteiger partial charge in [-0.05, 0) is 56.0 Å². The van der Waals surface area contributed by atoms with Crippen LogP contribution in [0.5, 0.6) is 0 Å². The molecule has 1 fully saturated rings. The highest BCUT2D eigenvalue weighted by atomic mass is 35.5. The fourth-order valence-electron chi connectivity index (χ4n) is 2.77. The Hall–Kier alpha value is -0.180. The molecule has 19 heavy (non-hydrogen) atoms. The molecule has 1 N–H and O–H groups in total. The van der Waals surface area contributed by atoms with Gasteiger partial charge >= 0.3 is 0 Å². The lowest BCUT2D eigenvalue weighted by Crippen LogP contribution is -2.37. The van der Waals surface area contributed by atoms with Crippen molar-refractivity contribution in [3.8, 4) is 0 Å². The van der Waals surface area contributed by atoms with E-state index in [1.165, 1.54) is 42.8 Å². The summed E-state index contributed by atoms with van der Waals surface area (Å²) in [7, 11) is 0. The summed E-state index contributed by atoms with van der Waals surface area (Å²) >= 11 is 7.88. The molecule has 1 saturated carbocycles. The Morgan fingerprint density at radius 3 is 2.58 bits per heavy atom. The third kappa shape index (κ3) is 5.02. The second-order valence-electron chi connectivity index (χ2n) is 5.37. The first kappa shape index (κ1) is 15.2. The van der Waals surface area contributed by atoms with Gasteiger partial charge in [0.25, 0.3) is 0 Å². The molecular weight excluding hydrogens is 274 g/mol. The summed E-state index contributed by atoms with van der Waals surface area (Å²) in [6.07, 6.45) is 6.86. The lowest BCUT2D eigenvalue weighted by molar-refractivity contribution is 0.388. The van der Waals surface area contributed by atoms with Gasteiger partial charge in [-0.2, -0.15) is 0 Å². The molecule has 1 aromatic carbocycles. The molecule has 0 spiro atoms. The molecule has 1 aromatic rings. The summed E-state index contributed by atoms with van der Waals surface area (Å²) in [6, 6.07) is 8.88. The van der Waals surface area contributed by atoms with Crippen molar-refractivity contribution >= 4 is 23.4 Å². The standard InChI is InChI=1S/C16H24ClNS/c1-2-11-18-16(13-5-3-4-6-13)12-19-15-9-7-14(17)8-10-15/h7-10,13,16,18H,2-6,11-12H2,1H3. The third-order valence-corrected chi connectivity index (χ3v) is 5.25. The number of nitrogens with one attached hydrogen (secondary N) is 1. The molecule has 0 heterocycles. The molecule has 0 saturated heterocycles. The van der Waals surface area contributed by atoms with Crippen LogP contribution in [0.25, 0.3) is 0 Å². The molecule has 2 rings (SSSR count). The van der Waals surface area contributed by atoms with Crippen molar-refractivity contribution < 1.29 is 0 Å². The summed E-state index contributed by atoms with van der Waals surface area (Å²) in [5.74, 6) is 2.05. The number of thioether (sulfide) groups is 1. The summed E-state index contributed by atoms with van der Waals surface area (Å²) in [5, 5.41) is 4.57.